The van der Waals surface area contributed by atoms with Gasteiger partial charge in [-0.3, -0.25) is 0 Å². The maximum atomic E-state index is 5.88. The second kappa shape index (κ2) is 5.68. The first-order valence-corrected chi connectivity index (χ1v) is 7.14. The molecule has 4 unspecified atom stereocenters. The highest BCUT2D eigenvalue weighted by Crippen LogP contribution is 2.28. The molecule has 2 aliphatic rings. The van der Waals surface area contributed by atoms with Crippen molar-refractivity contribution in [3.05, 3.63) is 0 Å². The van der Waals surface area contributed by atoms with E-state index in [1.807, 2.05) is 0 Å². The lowest BCUT2D eigenvalue weighted by molar-refractivity contribution is -0.0807. The van der Waals surface area contributed by atoms with E-state index >= 15 is 0 Å². The zero-order chi connectivity index (χ0) is 12.3. The molecule has 2 fully saturated rings. The Morgan fingerprint density at radius 2 is 2.18 bits per heavy atom. The third kappa shape index (κ3) is 3.43. The molecule has 0 saturated carbocycles. The second-order valence-corrected chi connectivity index (χ2v) is 5.85. The lowest BCUT2D eigenvalue weighted by Crippen LogP contribution is -2.50. The van der Waals surface area contributed by atoms with E-state index in [1.54, 1.807) is 0 Å². The van der Waals surface area contributed by atoms with Gasteiger partial charge in [0.15, 0.2) is 0 Å². The van der Waals surface area contributed by atoms with Gasteiger partial charge in [-0.1, -0.05) is 6.92 Å². The van der Waals surface area contributed by atoms with Crippen LogP contribution in [-0.4, -0.2) is 37.0 Å². The summed E-state index contributed by atoms with van der Waals surface area (Å²) in [4.78, 5) is 0. The highest BCUT2D eigenvalue weighted by molar-refractivity contribution is 4.88. The Labute approximate surface area is 105 Å². The van der Waals surface area contributed by atoms with Crippen molar-refractivity contribution in [2.45, 2.75) is 76.7 Å². The van der Waals surface area contributed by atoms with E-state index < -0.39 is 0 Å². The SMILES string of the molecule is CCC1(C)CC(NC(C)C2CCCO2)CCO1. The first kappa shape index (κ1) is 13.3. The molecule has 2 rings (SSSR count). The summed E-state index contributed by atoms with van der Waals surface area (Å²) in [5.74, 6) is 0. The van der Waals surface area contributed by atoms with E-state index in [0.717, 1.165) is 32.5 Å². The largest absolute Gasteiger partial charge is 0.377 e. The Morgan fingerprint density at radius 1 is 1.35 bits per heavy atom. The molecular weight excluding hydrogens is 214 g/mol. The Kier molecular flexibility index (Phi) is 4.45. The number of ether oxygens (including phenoxy) is 2. The molecule has 4 atom stereocenters. The van der Waals surface area contributed by atoms with E-state index in [1.165, 1.54) is 12.8 Å². The van der Waals surface area contributed by atoms with Gasteiger partial charge in [0.25, 0.3) is 0 Å². The van der Waals surface area contributed by atoms with Gasteiger partial charge in [0.05, 0.1) is 11.7 Å². The molecule has 17 heavy (non-hydrogen) atoms. The molecule has 0 amide bonds. The van der Waals surface area contributed by atoms with Crippen LogP contribution in [0, 0.1) is 0 Å². The highest BCUT2D eigenvalue weighted by atomic mass is 16.5. The molecule has 2 saturated heterocycles. The Balaban J connectivity index is 1.81. The average molecular weight is 241 g/mol. The second-order valence-electron chi connectivity index (χ2n) is 5.85. The lowest BCUT2D eigenvalue weighted by Gasteiger charge is -2.39. The van der Waals surface area contributed by atoms with Gasteiger partial charge in [0.2, 0.25) is 0 Å². The molecule has 0 spiro atoms. The number of nitrogens with one attached hydrogen (secondary N) is 1. The molecule has 2 aliphatic heterocycles. The Bertz CT molecular complexity index is 240. The summed E-state index contributed by atoms with van der Waals surface area (Å²) >= 11 is 0. The van der Waals surface area contributed by atoms with Gasteiger partial charge < -0.3 is 14.8 Å². The van der Waals surface area contributed by atoms with Crippen LogP contribution in [0.2, 0.25) is 0 Å². The monoisotopic (exact) mass is 241 g/mol. The van der Waals surface area contributed by atoms with Gasteiger partial charge >= 0.3 is 0 Å². The maximum Gasteiger partial charge on any atom is 0.0726 e. The molecule has 0 aromatic rings. The third-order valence-corrected chi connectivity index (χ3v) is 4.36. The normalized spacial score (nSPS) is 40.4. The molecule has 0 bridgehead atoms. The summed E-state index contributed by atoms with van der Waals surface area (Å²) in [5.41, 5.74) is 0.0756. The van der Waals surface area contributed by atoms with Crippen molar-refractivity contribution in [3.63, 3.8) is 0 Å². The van der Waals surface area contributed by atoms with Gasteiger partial charge in [-0.2, -0.15) is 0 Å². The zero-order valence-corrected chi connectivity index (χ0v) is 11.5. The van der Waals surface area contributed by atoms with Crippen molar-refractivity contribution < 1.29 is 9.47 Å². The van der Waals surface area contributed by atoms with Gasteiger partial charge in [-0.15, -0.1) is 0 Å². The van der Waals surface area contributed by atoms with Crippen molar-refractivity contribution in [1.82, 2.24) is 5.32 Å². The molecule has 0 radical (unpaired) electrons. The molecule has 0 aliphatic carbocycles. The van der Waals surface area contributed by atoms with Crippen molar-refractivity contribution in [2.24, 2.45) is 0 Å². The van der Waals surface area contributed by atoms with Gasteiger partial charge in [-0.25, -0.2) is 0 Å². The van der Waals surface area contributed by atoms with E-state index in [9.17, 15) is 0 Å². The van der Waals surface area contributed by atoms with Crippen LogP contribution in [0.3, 0.4) is 0 Å². The van der Waals surface area contributed by atoms with Crippen LogP contribution >= 0.6 is 0 Å². The molecule has 3 heteroatoms. The number of rotatable bonds is 4. The first-order chi connectivity index (χ1) is 8.13. The minimum Gasteiger partial charge on any atom is -0.377 e. The van der Waals surface area contributed by atoms with E-state index in [4.69, 9.17) is 9.47 Å². The fraction of sp³-hybridized carbons (Fsp3) is 1.00. The van der Waals surface area contributed by atoms with Crippen LogP contribution < -0.4 is 5.32 Å². The topological polar surface area (TPSA) is 30.5 Å². The molecule has 0 aromatic heterocycles. The summed E-state index contributed by atoms with van der Waals surface area (Å²) in [7, 11) is 0. The molecular formula is C14H27NO2. The quantitative estimate of drug-likeness (QED) is 0.820. The number of hydrogen-bond acceptors (Lipinski definition) is 3. The summed E-state index contributed by atoms with van der Waals surface area (Å²) < 4.78 is 11.6. The summed E-state index contributed by atoms with van der Waals surface area (Å²) in [6.07, 6.45) is 6.21. The minimum atomic E-state index is 0.0756. The summed E-state index contributed by atoms with van der Waals surface area (Å²) in [6, 6.07) is 1.06. The average Bonchev–Trinajstić information content (AvgIpc) is 2.82. The fourth-order valence-electron chi connectivity index (χ4n) is 2.99. The van der Waals surface area contributed by atoms with Gasteiger partial charge in [0, 0.05) is 25.3 Å². The fourth-order valence-corrected chi connectivity index (χ4v) is 2.99. The smallest absolute Gasteiger partial charge is 0.0726 e. The Hall–Kier alpha value is -0.120. The molecule has 0 aromatic carbocycles. The molecule has 100 valence electrons. The van der Waals surface area contributed by atoms with Crippen molar-refractivity contribution in [3.8, 4) is 0 Å². The van der Waals surface area contributed by atoms with Crippen LogP contribution in [-0.2, 0) is 9.47 Å². The first-order valence-electron chi connectivity index (χ1n) is 7.14. The third-order valence-electron chi connectivity index (χ3n) is 4.36. The predicted molar refractivity (Wildman–Crippen MR) is 69.2 cm³/mol. The van der Waals surface area contributed by atoms with Crippen molar-refractivity contribution in [2.75, 3.05) is 13.2 Å². The Morgan fingerprint density at radius 3 is 2.82 bits per heavy atom. The van der Waals surface area contributed by atoms with E-state index in [-0.39, 0.29) is 5.60 Å². The van der Waals surface area contributed by atoms with Crippen molar-refractivity contribution in [1.29, 1.82) is 0 Å². The standard InChI is InChI=1S/C14H27NO2/c1-4-14(3)10-12(7-9-17-14)15-11(2)13-6-5-8-16-13/h11-13,15H,4-10H2,1-3H3. The zero-order valence-electron chi connectivity index (χ0n) is 11.5. The van der Waals surface area contributed by atoms with Crippen LogP contribution in [0.5, 0.6) is 0 Å². The molecule has 3 nitrogen and oxygen atoms in total. The van der Waals surface area contributed by atoms with Crippen molar-refractivity contribution >= 4 is 0 Å². The van der Waals surface area contributed by atoms with Gasteiger partial charge in [0.1, 0.15) is 0 Å². The van der Waals surface area contributed by atoms with E-state index in [2.05, 4.69) is 26.1 Å². The van der Waals surface area contributed by atoms with Crippen LogP contribution in [0.15, 0.2) is 0 Å². The lowest BCUT2D eigenvalue weighted by atomic mass is 9.89. The van der Waals surface area contributed by atoms with Crippen LogP contribution in [0.25, 0.3) is 0 Å². The highest BCUT2D eigenvalue weighted by Gasteiger charge is 2.33. The molecule has 1 N–H and O–H groups in total. The minimum absolute atomic E-state index is 0.0756. The molecule has 2 heterocycles. The van der Waals surface area contributed by atoms with Crippen LogP contribution in [0.1, 0.15) is 52.9 Å². The summed E-state index contributed by atoms with van der Waals surface area (Å²) in [5, 5.41) is 3.75. The van der Waals surface area contributed by atoms with Crippen LogP contribution in [0.4, 0.5) is 0 Å². The number of hydrogen-bond donors (Lipinski definition) is 1. The predicted octanol–water partition coefficient (Wildman–Crippen LogP) is 2.49. The van der Waals surface area contributed by atoms with Gasteiger partial charge in [-0.05, 0) is 46.0 Å². The van der Waals surface area contributed by atoms with E-state index in [0.29, 0.717) is 18.2 Å². The summed E-state index contributed by atoms with van der Waals surface area (Å²) in [6.45, 7) is 8.54. The maximum absolute atomic E-state index is 5.88.